The summed E-state index contributed by atoms with van der Waals surface area (Å²) in [5.74, 6) is -2.28. The lowest BCUT2D eigenvalue weighted by atomic mass is 9.96. The summed E-state index contributed by atoms with van der Waals surface area (Å²) in [6.45, 7) is 1.80. The standard InChI is InChI=1S/C15H16O6S/c1-8(9-5-3-4-6-10(9)13(17)18)15-21-14(19)11(22-15)7-12(16)20-2/h3-6,8,11,15H,7H2,1-2H3,(H,17,18)/t8-,11?,15?/m0/s1. The number of hydrogen-bond acceptors (Lipinski definition) is 6. The number of cyclic esters (lactones) is 1. The van der Waals surface area contributed by atoms with Gasteiger partial charge in [-0.25, -0.2) is 4.79 Å². The summed E-state index contributed by atoms with van der Waals surface area (Å²) in [5, 5.41) is 8.62. The number of esters is 2. The molecule has 6 nitrogen and oxygen atoms in total. The van der Waals surface area contributed by atoms with E-state index >= 15 is 0 Å². The molecule has 7 heteroatoms. The van der Waals surface area contributed by atoms with Crippen LogP contribution >= 0.6 is 11.8 Å². The first-order valence-corrected chi connectivity index (χ1v) is 7.63. The third-order valence-electron chi connectivity index (χ3n) is 3.46. The third kappa shape index (κ3) is 3.41. The van der Waals surface area contributed by atoms with E-state index in [0.29, 0.717) is 5.56 Å². The SMILES string of the molecule is COC(=O)CC1SC([C@@H](C)c2ccccc2C(=O)O)OC1=O. The molecule has 1 heterocycles. The number of benzene rings is 1. The number of carbonyl (C=O) groups is 3. The van der Waals surface area contributed by atoms with Crippen molar-refractivity contribution >= 4 is 29.7 Å². The second kappa shape index (κ2) is 6.83. The van der Waals surface area contributed by atoms with E-state index < -0.39 is 28.6 Å². The molecule has 0 aliphatic carbocycles. The molecule has 1 aromatic rings. The number of carboxylic acids is 1. The molecule has 1 aromatic carbocycles. The predicted molar refractivity (Wildman–Crippen MR) is 79.7 cm³/mol. The zero-order chi connectivity index (χ0) is 16.3. The molecule has 2 unspecified atom stereocenters. The van der Waals surface area contributed by atoms with Crippen LogP contribution in [0.5, 0.6) is 0 Å². The second-order valence-corrected chi connectivity index (χ2v) is 6.20. The number of rotatable bonds is 5. The number of hydrogen-bond donors (Lipinski definition) is 1. The van der Waals surface area contributed by atoms with Crippen LogP contribution in [0, 0.1) is 0 Å². The van der Waals surface area contributed by atoms with Crippen molar-refractivity contribution in [1.82, 2.24) is 0 Å². The Morgan fingerprint density at radius 3 is 2.73 bits per heavy atom. The molecule has 2 rings (SSSR count). The highest BCUT2D eigenvalue weighted by Gasteiger charge is 2.40. The zero-order valence-corrected chi connectivity index (χ0v) is 13.0. The summed E-state index contributed by atoms with van der Waals surface area (Å²) in [6, 6.07) is 6.61. The molecule has 3 atom stereocenters. The minimum atomic E-state index is -1.03. The normalized spacial score (nSPS) is 22.0. The van der Waals surface area contributed by atoms with Gasteiger partial charge < -0.3 is 14.6 Å². The molecule has 1 fully saturated rings. The van der Waals surface area contributed by atoms with E-state index in [-0.39, 0.29) is 17.9 Å². The Balaban J connectivity index is 2.15. The molecule has 118 valence electrons. The molecule has 1 saturated heterocycles. The number of methoxy groups -OCH3 is 1. The first kappa shape index (κ1) is 16.4. The lowest BCUT2D eigenvalue weighted by Crippen LogP contribution is -2.18. The van der Waals surface area contributed by atoms with Crippen molar-refractivity contribution < 1.29 is 29.0 Å². The van der Waals surface area contributed by atoms with E-state index in [4.69, 9.17) is 4.74 Å². The Bertz CT molecular complexity index is 599. The molecule has 0 radical (unpaired) electrons. The van der Waals surface area contributed by atoms with E-state index in [0.717, 1.165) is 0 Å². The average Bonchev–Trinajstić information content (AvgIpc) is 2.87. The van der Waals surface area contributed by atoms with Crippen LogP contribution in [0.3, 0.4) is 0 Å². The number of thioether (sulfide) groups is 1. The van der Waals surface area contributed by atoms with Gasteiger partial charge >= 0.3 is 17.9 Å². The second-order valence-electron chi connectivity index (χ2n) is 4.89. The minimum absolute atomic E-state index is 0.0518. The monoisotopic (exact) mass is 324 g/mol. The van der Waals surface area contributed by atoms with Gasteiger partial charge in [0.1, 0.15) is 5.25 Å². The quantitative estimate of drug-likeness (QED) is 0.829. The summed E-state index contributed by atoms with van der Waals surface area (Å²) in [4.78, 5) is 34.4. The van der Waals surface area contributed by atoms with Gasteiger partial charge in [0.2, 0.25) is 0 Å². The Hall–Kier alpha value is -2.02. The Kier molecular flexibility index (Phi) is 5.07. The van der Waals surface area contributed by atoms with Crippen LogP contribution in [0.15, 0.2) is 24.3 Å². The number of ether oxygens (including phenoxy) is 2. The number of carbonyl (C=O) groups excluding carboxylic acids is 2. The van der Waals surface area contributed by atoms with Crippen LogP contribution in [0.25, 0.3) is 0 Å². The van der Waals surface area contributed by atoms with Crippen molar-refractivity contribution in [3.8, 4) is 0 Å². The average molecular weight is 324 g/mol. The Morgan fingerprint density at radius 2 is 2.09 bits per heavy atom. The van der Waals surface area contributed by atoms with Gasteiger partial charge in [-0.05, 0) is 11.6 Å². The molecule has 0 aromatic heterocycles. The molecule has 22 heavy (non-hydrogen) atoms. The first-order valence-electron chi connectivity index (χ1n) is 6.69. The van der Waals surface area contributed by atoms with Gasteiger partial charge in [0.05, 0.1) is 19.1 Å². The van der Waals surface area contributed by atoms with Gasteiger partial charge in [0.25, 0.3) is 0 Å². The van der Waals surface area contributed by atoms with Crippen molar-refractivity contribution in [2.24, 2.45) is 0 Å². The number of aromatic carboxylic acids is 1. The van der Waals surface area contributed by atoms with E-state index in [1.807, 2.05) is 0 Å². The van der Waals surface area contributed by atoms with Gasteiger partial charge in [0.15, 0.2) is 5.44 Å². The fraction of sp³-hybridized carbons (Fsp3) is 0.400. The van der Waals surface area contributed by atoms with Crippen molar-refractivity contribution in [1.29, 1.82) is 0 Å². The van der Waals surface area contributed by atoms with Crippen LogP contribution in [0.2, 0.25) is 0 Å². The van der Waals surface area contributed by atoms with E-state index in [1.165, 1.54) is 24.9 Å². The molecule has 0 amide bonds. The molecule has 0 saturated carbocycles. The predicted octanol–water partition coefficient (Wildman–Crippen LogP) is 2.04. The summed E-state index contributed by atoms with van der Waals surface area (Å²) in [7, 11) is 1.26. The summed E-state index contributed by atoms with van der Waals surface area (Å²) in [5.41, 5.74) is 0.254. The smallest absolute Gasteiger partial charge is 0.335 e. The number of carboxylic acid groups (broad SMARTS) is 1. The van der Waals surface area contributed by atoms with Crippen molar-refractivity contribution in [3.63, 3.8) is 0 Å². The van der Waals surface area contributed by atoms with E-state index in [9.17, 15) is 19.5 Å². The van der Waals surface area contributed by atoms with Gasteiger partial charge in [-0.2, -0.15) is 0 Å². The summed E-state index contributed by atoms with van der Waals surface area (Å²) in [6.07, 6.45) is -0.0518. The maximum Gasteiger partial charge on any atom is 0.335 e. The summed E-state index contributed by atoms with van der Waals surface area (Å²) < 4.78 is 9.85. The van der Waals surface area contributed by atoms with Crippen molar-refractivity contribution in [3.05, 3.63) is 35.4 Å². The zero-order valence-electron chi connectivity index (χ0n) is 12.1. The maximum absolute atomic E-state index is 11.8. The molecule has 1 N–H and O–H groups in total. The van der Waals surface area contributed by atoms with Crippen LogP contribution in [-0.4, -0.2) is 40.8 Å². The fourth-order valence-electron chi connectivity index (χ4n) is 2.26. The fourth-order valence-corrected chi connectivity index (χ4v) is 3.51. The largest absolute Gasteiger partial charge is 0.478 e. The van der Waals surface area contributed by atoms with Crippen LogP contribution in [0.1, 0.15) is 35.2 Å². The van der Waals surface area contributed by atoms with Crippen LogP contribution < -0.4 is 0 Å². The topological polar surface area (TPSA) is 89.9 Å². The first-order chi connectivity index (χ1) is 10.4. The van der Waals surface area contributed by atoms with Gasteiger partial charge in [0, 0.05) is 5.92 Å². The van der Waals surface area contributed by atoms with Gasteiger partial charge in [-0.1, -0.05) is 25.1 Å². The minimum Gasteiger partial charge on any atom is -0.478 e. The maximum atomic E-state index is 11.8. The Morgan fingerprint density at radius 1 is 1.41 bits per heavy atom. The molecule has 0 spiro atoms. The lowest BCUT2D eigenvalue weighted by molar-refractivity contribution is -0.147. The molecule has 1 aliphatic heterocycles. The molecular weight excluding hydrogens is 308 g/mol. The summed E-state index contributed by atoms with van der Waals surface area (Å²) >= 11 is 1.22. The van der Waals surface area contributed by atoms with Gasteiger partial charge in [-0.15, -0.1) is 11.8 Å². The molecule has 0 bridgehead atoms. The highest BCUT2D eigenvalue weighted by Crippen LogP contribution is 2.40. The molecular formula is C15H16O6S. The van der Waals surface area contributed by atoms with Crippen LogP contribution in [0.4, 0.5) is 0 Å². The highest BCUT2D eigenvalue weighted by atomic mass is 32.2. The third-order valence-corrected chi connectivity index (χ3v) is 4.92. The van der Waals surface area contributed by atoms with E-state index in [1.54, 1.807) is 25.1 Å². The van der Waals surface area contributed by atoms with Crippen molar-refractivity contribution in [2.75, 3.05) is 7.11 Å². The van der Waals surface area contributed by atoms with Gasteiger partial charge in [-0.3, -0.25) is 9.59 Å². The van der Waals surface area contributed by atoms with Crippen molar-refractivity contribution in [2.45, 2.75) is 29.9 Å². The van der Waals surface area contributed by atoms with E-state index in [2.05, 4.69) is 4.74 Å². The lowest BCUT2D eigenvalue weighted by Gasteiger charge is -2.19. The van der Waals surface area contributed by atoms with Crippen LogP contribution in [-0.2, 0) is 19.1 Å². The Labute approximate surface area is 131 Å². The highest BCUT2D eigenvalue weighted by molar-refractivity contribution is 8.01. The molecule has 1 aliphatic rings.